The third kappa shape index (κ3) is 1.77. The molecule has 0 saturated carbocycles. The summed E-state index contributed by atoms with van der Waals surface area (Å²) in [5, 5.41) is 0. The normalized spacial score (nSPS) is 11.2. The largest absolute Gasteiger partial charge is 0.369 e. The molecule has 3 N–H and O–H groups in total. The van der Waals surface area contributed by atoms with Gasteiger partial charge in [-0.1, -0.05) is 6.07 Å². The third-order valence-corrected chi connectivity index (χ3v) is 2.12. The summed E-state index contributed by atoms with van der Waals surface area (Å²) in [6, 6.07) is 2.98. The Bertz CT molecular complexity index is 359. The molecule has 0 aliphatic rings. The van der Waals surface area contributed by atoms with E-state index < -0.39 is 11.3 Å². The van der Waals surface area contributed by atoms with Gasteiger partial charge in [0.1, 0.15) is 0 Å². The van der Waals surface area contributed by atoms with Gasteiger partial charge < -0.3 is 10.7 Å². The van der Waals surface area contributed by atoms with Gasteiger partial charge >= 0.3 is 0 Å². The van der Waals surface area contributed by atoms with Crippen molar-refractivity contribution in [3.8, 4) is 0 Å². The second kappa shape index (κ2) is 3.05. The Morgan fingerprint density at radius 1 is 1.46 bits per heavy atom. The number of carbonyl (C=O) groups excluding carboxylic acids is 1. The summed E-state index contributed by atoms with van der Waals surface area (Å²) >= 11 is 0. The zero-order valence-electron chi connectivity index (χ0n) is 7.63. The van der Waals surface area contributed by atoms with Crippen molar-refractivity contribution in [2.24, 2.45) is 5.73 Å². The maximum atomic E-state index is 11.0. The lowest BCUT2D eigenvalue weighted by atomic mass is 9.85. The van der Waals surface area contributed by atoms with E-state index in [4.69, 9.17) is 5.73 Å². The first kappa shape index (κ1) is 9.51. The predicted octanol–water partition coefficient (Wildman–Crippen LogP) is 0.138. The van der Waals surface area contributed by atoms with Gasteiger partial charge in [0.25, 0.3) is 0 Å². The van der Waals surface area contributed by atoms with Gasteiger partial charge in [0.05, 0.1) is 5.41 Å². The highest BCUT2D eigenvalue weighted by Crippen LogP contribution is 2.20. The lowest BCUT2D eigenvalue weighted by Crippen LogP contribution is -2.35. The minimum Gasteiger partial charge on any atom is -0.369 e. The van der Waals surface area contributed by atoms with Gasteiger partial charge in [-0.05, 0) is 19.4 Å². The number of aromatic amines is 1. The average molecular weight is 180 g/mol. The lowest BCUT2D eigenvalue weighted by Gasteiger charge is -2.19. The molecule has 0 unspecified atom stereocenters. The Morgan fingerprint density at radius 2 is 2.08 bits per heavy atom. The third-order valence-electron chi connectivity index (χ3n) is 2.12. The summed E-state index contributed by atoms with van der Waals surface area (Å²) in [7, 11) is 0. The van der Waals surface area contributed by atoms with E-state index in [-0.39, 0.29) is 5.56 Å². The van der Waals surface area contributed by atoms with Crippen LogP contribution in [0.5, 0.6) is 0 Å². The maximum Gasteiger partial charge on any atom is 0.247 e. The molecule has 13 heavy (non-hydrogen) atoms. The number of hydrogen-bond donors (Lipinski definition) is 2. The summed E-state index contributed by atoms with van der Waals surface area (Å²) in [6.45, 7) is 3.42. The number of hydrogen-bond acceptors (Lipinski definition) is 2. The molecule has 1 aromatic heterocycles. The zero-order chi connectivity index (χ0) is 10.1. The molecule has 4 nitrogen and oxygen atoms in total. The van der Waals surface area contributed by atoms with Gasteiger partial charge in [-0.25, -0.2) is 0 Å². The van der Waals surface area contributed by atoms with E-state index in [9.17, 15) is 9.59 Å². The van der Waals surface area contributed by atoms with Gasteiger partial charge in [0, 0.05) is 12.3 Å². The number of carbonyl (C=O) groups is 1. The monoisotopic (exact) mass is 180 g/mol. The zero-order valence-corrected chi connectivity index (χ0v) is 7.63. The predicted molar refractivity (Wildman–Crippen MR) is 49.3 cm³/mol. The van der Waals surface area contributed by atoms with Crippen molar-refractivity contribution < 1.29 is 4.79 Å². The highest BCUT2D eigenvalue weighted by atomic mass is 16.1. The molecule has 0 fully saturated rings. The summed E-state index contributed by atoms with van der Waals surface area (Å²) in [4.78, 5) is 24.3. The molecule has 0 spiro atoms. The number of amides is 1. The fourth-order valence-electron chi connectivity index (χ4n) is 0.942. The van der Waals surface area contributed by atoms with Crippen LogP contribution in [-0.2, 0) is 10.2 Å². The van der Waals surface area contributed by atoms with Gasteiger partial charge in [0.2, 0.25) is 11.5 Å². The van der Waals surface area contributed by atoms with E-state index in [1.807, 2.05) is 0 Å². The van der Waals surface area contributed by atoms with Crippen LogP contribution in [0.4, 0.5) is 0 Å². The first-order valence-corrected chi connectivity index (χ1v) is 3.93. The summed E-state index contributed by atoms with van der Waals surface area (Å²) in [5.74, 6) is -0.417. The molecule has 0 saturated heterocycles. The van der Waals surface area contributed by atoms with Gasteiger partial charge in [-0.3, -0.25) is 9.59 Å². The first-order chi connectivity index (χ1) is 5.94. The van der Waals surface area contributed by atoms with E-state index in [1.54, 1.807) is 19.9 Å². The standard InChI is InChI=1S/C9H12N2O2/c1-9(2,8(10)13)6-3-4-7(12)11-5-6/h3-5H,1-2H3,(H2,10,13)(H,11,12). The van der Waals surface area contributed by atoms with Crippen LogP contribution in [0.25, 0.3) is 0 Å². The molecule has 4 heteroatoms. The van der Waals surface area contributed by atoms with Crippen molar-refractivity contribution in [3.05, 3.63) is 34.2 Å². The van der Waals surface area contributed by atoms with Crippen LogP contribution in [0, 0.1) is 0 Å². The maximum absolute atomic E-state index is 11.0. The molecule has 0 radical (unpaired) electrons. The minimum absolute atomic E-state index is 0.191. The highest BCUT2D eigenvalue weighted by Gasteiger charge is 2.27. The van der Waals surface area contributed by atoms with Crippen molar-refractivity contribution in [1.82, 2.24) is 4.98 Å². The molecule has 0 aromatic carbocycles. The second-order valence-corrected chi connectivity index (χ2v) is 3.43. The molecule has 0 atom stereocenters. The van der Waals surface area contributed by atoms with Crippen LogP contribution in [0.2, 0.25) is 0 Å². The van der Waals surface area contributed by atoms with E-state index in [0.29, 0.717) is 5.56 Å². The minimum atomic E-state index is -0.746. The smallest absolute Gasteiger partial charge is 0.247 e. The molecule has 1 aromatic rings. The van der Waals surface area contributed by atoms with Crippen LogP contribution in [-0.4, -0.2) is 10.9 Å². The molecule has 1 amide bonds. The van der Waals surface area contributed by atoms with Gasteiger partial charge in [-0.2, -0.15) is 0 Å². The Morgan fingerprint density at radius 3 is 2.46 bits per heavy atom. The Balaban J connectivity index is 3.15. The SMILES string of the molecule is CC(C)(C(N)=O)c1ccc(=O)[nH]c1. The molecule has 1 heterocycles. The number of primary amides is 1. The van der Waals surface area contributed by atoms with Crippen molar-refractivity contribution in [2.45, 2.75) is 19.3 Å². The molecule has 70 valence electrons. The number of aromatic nitrogens is 1. The topological polar surface area (TPSA) is 76.0 Å². The Hall–Kier alpha value is -1.58. The van der Waals surface area contributed by atoms with Gasteiger partial charge in [0.15, 0.2) is 0 Å². The van der Waals surface area contributed by atoms with E-state index >= 15 is 0 Å². The summed E-state index contributed by atoms with van der Waals surface area (Å²) in [5.41, 5.74) is 4.98. The van der Waals surface area contributed by atoms with Gasteiger partial charge in [-0.15, -0.1) is 0 Å². The van der Waals surface area contributed by atoms with Crippen LogP contribution in [0.15, 0.2) is 23.1 Å². The summed E-state index contributed by atoms with van der Waals surface area (Å²) < 4.78 is 0. The number of rotatable bonds is 2. The fraction of sp³-hybridized carbons (Fsp3) is 0.333. The van der Waals surface area contributed by atoms with E-state index in [1.165, 1.54) is 12.3 Å². The highest BCUT2D eigenvalue weighted by molar-refractivity contribution is 5.85. The first-order valence-electron chi connectivity index (χ1n) is 3.93. The van der Waals surface area contributed by atoms with E-state index in [2.05, 4.69) is 4.98 Å². The van der Waals surface area contributed by atoms with Crippen LogP contribution >= 0.6 is 0 Å². The van der Waals surface area contributed by atoms with Crippen molar-refractivity contribution in [1.29, 1.82) is 0 Å². The molecule has 0 aliphatic heterocycles. The molecule has 0 bridgehead atoms. The Labute approximate surface area is 75.8 Å². The molecule has 0 aliphatic carbocycles. The Kier molecular flexibility index (Phi) is 2.23. The number of nitrogens with two attached hydrogens (primary N) is 1. The lowest BCUT2D eigenvalue weighted by molar-refractivity contribution is -0.122. The van der Waals surface area contributed by atoms with Crippen molar-refractivity contribution in [2.75, 3.05) is 0 Å². The van der Waals surface area contributed by atoms with Crippen LogP contribution in [0.3, 0.4) is 0 Å². The van der Waals surface area contributed by atoms with Crippen LogP contribution < -0.4 is 11.3 Å². The second-order valence-electron chi connectivity index (χ2n) is 3.43. The number of nitrogens with one attached hydrogen (secondary N) is 1. The average Bonchev–Trinajstić information content (AvgIpc) is 2.04. The number of H-pyrrole nitrogens is 1. The summed E-state index contributed by atoms with van der Waals surface area (Å²) in [6.07, 6.45) is 1.51. The fourth-order valence-corrected chi connectivity index (χ4v) is 0.942. The van der Waals surface area contributed by atoms with Crippen molar-refractivity contribution in [3.63, 3.8) is 0 Å². The van der Waals surface area contributed by atoms with E-state index in [0.717, 1.165) is 0 Å². The van der Waals surface area contributed by atoms with Crippen molar-refractivity contribution >= 4 is 5.91 Å². The quantitative estimate of drug-likeness (QED) is 0.679. The molecular formula is C9H12N2O2. The van der Waals surface area contributed by atoms with Crippen LogP contribution in [0.1, 0.15) is 19.4 Å². The molecular weight excluding hydrogens is 168 g/mol. The number of pyridine rings is 1. The molecule has 1 rings (SSSR count).